The Kier molecular flexibility index (Phi) is 3.89. The minimum Gasteiger partial charge on any atom is -1.00 e. The molecule has 10 heavy (non-hydrogen) atoms. The maximum absolute atomic E-state index is 2.36. The van der Waals surface area contributed by atoms with Crippen LogP contribution in [0.15, 0.2) is 0 Å². The molecule has 0 aromatic rings. The lowest BCUT2D eigenvalue weighted by Gasteiger charge is -2.36. The van der Waals surface area contributed by atoms with E-state index in [1.807, 2.05) is 0 Å². The average molecular weight is 208 g/mol. The molecule has 1 unspecified atom stereocenters. The van der Waals surface area contributed by atoms with E-state index >= 15 is 0 Å². The molecule has 0 aromatic carbocycles. The molecule has 0 radical (unpaired) electrons. The smallest absolute Gasteiger partial charge is 0.0808 e. The molecule has 1 rings (SSSR count). The van der Waals surface area contributed by atoms with Gasteiger partial charge < -0.3 is 21.5 Å². The first-order valence-electron chi connectivity index (χ1n) is 3.92. The molecule has 0 bridgehead atoms. The van der Waals surface area contributed by atoms with Crippen molar-refractivity contribution >= 4 is 0 Å². The van der Waals surface area contributed by atoms with Gasteiger partial charge in [0.2, 0.25) is 0 Å². The highest BCUT2D eigenvalue weighted by Crippen LogP contribution is 2.18. The SMILES string of the molecule is CC1CCC[N+](C)(C)C1.[Br-]. The number of piperidine rings is 1. The van der Waals surface area contributed by atoms with Gasteiger partial charge in [0.1, 0.15) is 0 Å². The lowest BCUT2D eigenvalue weighted by Crippen LogP contribution is -3.00. The van der Waals surface area contributed by atoms with E-state index in [4.69, 9.17) is 0 Å². The van der Waals surface area contributed by atoms with Gasteiger partial charge in [-0.25, -0.2) is 0 Å². The van der Waals surface area contributed by atoms with Gasteiger partial charge in [-0.3, -0.25) is 0 Å². The molecule has 1 fully saturated rings. The molecule has 0 aromatic heterocycles. The van der Waals surface area contributed by atoms with Crippen LogP contribution in [0.25, 0.3) is 0 Å². The number of quaternary nitrogens is 1. The Hall–Kier alpha value is 0.440. The van der Waals surface area contributed by atoms with Crippen LogP contribution < -0.4 is 17.0 Å². The summed E-state index contributed by atoms with van der Waals surface area (Å²) in [6, 6.07) is 0. The van der Waals surface area contributed by atoms with Crippen LogP contribution in [0, 0.1) is 5.92 Å². The summed E-state index contributed by atoms with van der Waals surface area (Å²) in [6.07, 6.45) is 2.87. The van der Waals surface area contributed by atoms with Crippen LogP contribution in [-0.2, 0) is 0 Å². The van der Waals surface area contributed by atoms with Crippen molar-refractivity contribution < 1.29 is 21.5 Å². The van der Waals surface area contributed by atoms with Gasteiger partial charge >= 0.3 is 0 Å². The quantitative estimate of drug-likeness (QED) is 0.425. The van der Waals surface area contributed by atoms with E-state index < -0.39 is 0 Å². The predicted molar refractivity (Wildman–Crippen MR) is 40.2 cm³/mol. The van der Waals surface area contributed by atoms with Crippen molar-refractivity contribution in [1.29, 1.82) is 0 Å². The Morgan fingerprint density at radius 3 is 2.20 bits per heavy atom. The highest BCUT2D eigenvalue weighted by molar-refractivity contribution is 4.57. The number of rotatable bonds is 0. The Morgan fingerprint density at radius 1 is 1.30 bits per heavy atom. The lowest BCUT2D eigenvalue weighted by atomic mass is 9.99. The molecule has 1 aliphatic heterocycles. The van der Waals surface area contributed by atoms with Crippen molar-refractivity contribution in [2.24, 2.45) is 5.92 Å². The van der Waals surface area contributed by atoms with Gasteiger partial charge in [-0.05, 0) is 12.8 Å². The van der Waals surface area contributed by atoms with E-state index in [2.05, 4.69) is 21.0 Å². The molecule has 0 aliphatic carbocycles. The summed E-state index contributed by atoms with van der Waals surface area (Å²) in [5, 5.41) is 0. The van der Waals surface area contributed by atoms with Crippen molar-refractivity contribution in [2.75, 3.05) is 27.2 Å². The van der Waals surface area contributed by atoms with Gasteiger partial charge in [-0.15, -0.1) is 0 Å². The standard InChI is InChI=1S/C8H18N.BrH/c1-8-5-4-6-9(2,3)7-8;/h8H,4-7H2,1-3H3;1H/q+1;/p-1. The lowest BCUT2D eigenvalue weighted by molar-refractivity contribution is -0.898. The van der Waals surface area contributed by atoms with Crippen LogP contribution in [0.4, 0.5) is 0 Å². The third-order valence-electron chi connectivity index (χ3n) is 2.27. The summed E-state index contributed by atoms with van der Waals surface area (Å²) >= 11 is 0. The zero-order valence-electron chi connectivity index (χ0n) is 7.23. The van der Waals surface area contributed by atoms with Crippen LogP contribution in [0.1, 0.15) is 19.8 Å². The first kappa shape index (κ1) is 10.4. The summed E-state index contributed by atoms with van der Waals surface area (Å²) in [5.74, 6) is 0.953. The van der Waals surface area contributed by atoms with E-state index in [1.165, 1.54) is 30.4 Å². The Labute approximate surface area is 74.8 Å². The van der Waals surface area contributed by atoms with Crippen molar-refractivity contribution in [2.45, 2.75) is 19.8 Å². The number of likely N-dealkylation sites (tertiary alicyclic amines) is 1. The van der Waals surface area contributed by atoms with E-state index in [9.17, 15) is 0 Å². The van der Waals surface area contributed by atoms with Crippen LogP contribution in [-0.4, -0.2) is 31.7 Å². The molecule has 1 heterocycles. The Bertz CT molecular complexity index is 101. The summed E-state index contributed by atoms with van der Waals surface area (Å²) in [7, 11) is 4.66. The molecule has 1 nitrogen and oxygen atoms in total. The zero-order valence-corrected chi connectivity index (χ0v) is 8.82. The molecule has 62 valence electrons. The van der Waals surface area contributed by atoms with Crippen molar-refractivity contribution in [3.05, 3.63) is 0 Å². The number of nitrogens with zero attached hydrogens (tertiary/aromatic N) is 1. The van der Waals surface area contributed by atoms with E-state index in [1.54, 1.807) is 0 Å². The molecule has 0 spiro atoms. The molecular formula is C8H18BrN. The van der Waals surface area contributed by atoms with Gasteiger partial charge in [-0.1, -0.05) is 6.92 Å². The number of hydrogen-bond acceptors (Lipinski definition) is 0. The molecule has 0 amide bonds. The van der Waals surface area contributed by atoms with Gasteiger partial charge in [0.15, 0.2) is 0 Å². The van der Waals surface area contributed by atoms with Gasteiger partial charge in [0.25, 0.3) is 0 Å². The third-order valence-corrected chi connectivity index (χ3v) is 2.27. The first-order chi connectivity index (χ1) is 4.10. The fraction of sp³-hybridized carbons (Fsp3) is 1.00. The van der Waals surface area contributed by atoms with E-state index in [0.29, 0.717) is 0 Å². The highest BCUT2D eigenvalue weighted by atomic mass is 79.9. The minimum atomic E-state index is 0. The van der Waals surface area contributed by atoms with Crippen LogP contribution in [0.2, 0.25) is 0 Å². The van der Waals surface area contributed by atoms with E-state index in [-0.39, 0.29) is 17.0 Å². The summed E-state index contributed by atoms with van der Waals surface area (Å²) in [5.41, 5.74) is 0. The summed E-state index contributed by atoms with van der Waals surface area (Å²) in [4.78, 5) is 0. The van der Waals surface area contributed by atoms with E-state index in [0.717, 1.165) is 5.92 Å². The van der Waals surface area contributed by atoms with Crippen LogP contribution in [0.3, 0.4) is 0 Å². The second kappa shape index (κ2) is 3.72. The monoisotopic (exact) mass is 207 g/mol. The van der Waals surface area contributed by atoms with Gasteiger partial charge in [-0.2, -0.15) is 0 Å². The predicted octanol–water partition coefficient (Wildman–Crippen LogP) is -1.50. The Balaban J connectivity index is 0.000000810. The second-order valence-corrected chi connectivity index (χ2v) is 4.09. The van der Waals surface area contributed by atoms with Crippen molar-refractivity contribution in [1.82, 2.24) is 0 Å². The Morgan fingerprint density at radius 2 is 1.90 bits per heavy atom. The second-order valence-electron chi connectivity index (χ2n) is 4.09. The van der Waals surface area contributed by atoms with Gasteiger partial charge in [0.05, 0.1) is 27.2 Å². The van der Waals surface area contributed by atoms with Crippen molar-refractivity contribution in [3.8, 4) is 0 Å². The average Bonchev–Trinajstić information content (AvgIpc) is 1.60. The highest BCUT2D eigenvalue weighted by Gasteiger charge is 2.23. The largest absolute Gasteiger partial charge is 1.00 e. The maximum atomic E-state index is 2.36. The fourth-order valence-electron chi connectivity index (χ4n) is 1.89. The molecule has 1 saturated heterocycles. The molecule has 0 N–H and O–H groups in total. The topological polar surface area (TPSA) is 0 Å². The fourth-order valence-corrected chi connectivity index (χ4v) is 1.89. The van der Waals surface area contributed by atoms with Crippen LogP contribution >= 0.6 is 0 Å². The number of halogens is 1. The first-order valence-corrected chi connectivity index (χ1v) is 3.92. The molecule has 1 atom stereocenters. The maximum Gasteiger partial charge on any atom is 0.0808 e. The van der Waals surface area contributed by atoms with Gasteiger partial charge in [0, 0.05) is 5.92 Å². The normalized spacial score (nSPS) is 30.9. The number of hydrogen-bond donors (Lipinski definition) is 0. The molecule has 1 aliphatic rings. The summed E-state index contributed by atoms with van der Waals surface area (Å²) < 4.78 is 1.24. The van der Waals surface area contributed by atoms with Crippen molar-refractivity contribution in [3.63, 3.8) is 0 Å². The minimum absolute atomic E-state index is 0. The molecule has 0 saturated carbocycles. The molecular weight excluding hydrogens is 190 g/mol. The van der Waals surface area contributed by atoms with Crippen LogP contribution in [0.5, 0.6) is 0 Å². The molecule has 2 heteroatoms. The summed E-state index contributed by atoms with van der Waals surface area (Å²) in [6.45, 7) is 5.11. The zero-order chi connectivity index (χ0) is 6.91. The third kappa shape index (κ3) is 3.02.